The van der Waals surface area contributed by atoms with Gasteiger partial charge in [-0.25, -0.2) is 0 Å². The lowest BCUT2D eigenvalue weighted by molar-refractivity contribution is -0.138. The van der Waals surface area contributed by atoms with E-state index in [0.717, 1.165) is 5.69 Å². The van der Waals surface area contributed by atoms with Crippen LogP contribution < -0.4 is 11.1 Å². The van der Waals surface area contributed by atoms with Crippen molar-refractivity contribution < 1.29 is 9.59 Å². The third-order valence-corrected chi connectivity index (χ3v) is 3.40. The standard InChI is InChI=1S/C14H19N3O2/c1-10-7-14(19)17(8-12(10)15)9-13(18)16-11-5-3-2-4-6-11/h2-6,10,12H,7-9,15H2,1H3,(H,16,18). The number of likely N-dealkylation sites (tertiary alicyclic amines) is 1. The number of hydrogen-bond acceptors (Lipinski definition) is 3. The van der Waals surface area contributed by atoms with Crippen molar-refractivity contribution in [1.29, 1.82) is 0 Å². The first-order chi connectivity index (χ1) is 9.06. The highest BCUT2D eigenvalue weighted by molar-refractivity contribution is 5.94. The van der Waals surface area contributed by atoms with E-state index >= 15 is 0 Å². The van der Waals surface area contributed by atoms with Crippen molar-refractivity contribution in [2.75, 3.05) is 18.4 Å². The Morgan fingerprint density at radius 3 is 2.79 bits per heavy atom. The van der Waals surface area contributed by atoms with Gasteiger partial charge in [0.1, 0.15) is 0 Å². The lowest BCUT2D eigenvalue weighted by atomic mass is 9.94. The summed E-state index contributed by atoms with van der Waals surface area (Å²) in [5.41, 5.74) is 6.66. The topological polar surface area (TPSA) is 75.4 Å². The molecule has 0 saturated carbocycles. The van der Waals surface area contributed by atoms with Gasteiger partial charge in [0.15, 0.2) is 0 Å². The van der Waals surface area contributed by atoms with Gasteiger partial charge in [-0.15, -0.1) is 0 Å². The number of nitrogens with two attached hydrogens (primary N) is 1. The number of rotatable bonds is 3. The van der Waals surface area contributed by atoms with E-state index in [1.54, 1.807) is 0 Å². The van der Waals surface area contributed by atoms with Crippen LogP contribution in [0, 0.1) is 5.92 Å². The zero-order valence-electron chi connectivity index (χ0n) is 11.0. The molecule has 0 aliphatic carbocycles. The van der Waals surface area contributed by atoms with Gasteiger partial charge in [-0.05, 0) is 18.1 Å². The fourth-order valence-electron chi connectivity index (χ4n) is 2.14. The van der Waals surface area contributed by atoms with E-state index in [-0.39, 0.29) is 30.3 Å². The van der Waals surface area contributed by atoms with Crippen LogP contribution in [-0.2, 0) is 9.59 Å². The van der Waals surface area contributed by atoms with Gasteiger partial charge in [-0.2, -0.15) is 0 Å². The molecule has 3 N–H and O–H groups in total. The summed E-state index contributed by atoms with van der Waals surface area (Å²) in [6, 6.07) is 9.14. The second kappa shape index (κ2) is 5.84. The number of carbonyl (C=O) groups excluding carboxylic acids is 2. The van der Waals surface area contributed by atoms with Crippen molar-refractivity contribution in [3.8, 4) is 0 Å². The molecule has 1 saturated heterocycles. The zero-order chi connectivity index (χ0) is 13.8. The maximum absolute atomic E-state index is 11.9. The van der Waals surface area contributed by atoms with Crippen molar-refractivity contribution in [2.45, 2.75) is 19.4 Å². The molecule has 5 heteroatoms. The minimum Gasteiger partial charge on any atom is -0.332 e. The average molecular weight is 261 g/mol. The second-order valence-corrected chi connectivity index (χ2v) is 5.03. The van der Waals surface area contributed by atoms with E-state index in [2.05, 4.69) is 5.32 Å². The molecular formula is C14H19N3O2. The number of benzene rings is 1. The third kappa shape index (κ3) is 3.54. The smallest absolute Gasteiger partial charge is 0.243 e. The summed E-state index contributed by atoms with van der Waals surface area (Å²) in [7, 11) is 0. The molecule has 5 nitrogen and oxygen atoms in total. The van der Waals surface area contributed by atoms with E-state index in [1.165, 1.54) is 4.90 Å². The Morgan fingerprint density at radius 2 is 2.11 bits per heavy atom. The van der Waals surface area contributed by atoms with Crippen molar-refractivity contribution in [3.63, 3.8) is 0 Å². The highest BCUT2D eigenvalue weighted by atomic mass is 16.2. The zero-order valence-corrected chi connectivity index (χ0v) is 11.0. The number of hydrogen-bond donors (Lipinski definition) is 2. The maximum atomic E-state index is 11.9. The van der Waals surface area contributed by atoms with Gasteiger partial charge in [0.25, 0.3) is 0 Å². The van der Waals surface area contributed by atoms with Crippen LogP contribution in [0.1, 0.15) is 13.3 Å². The molecule has 1 aromatic rings. The molecule has 1 fully saturated rings. The van der Waals surface area contributed by atoms with Crippen molar-refractivity contribution in [2.24, 2.45) is 11.7 Å². The summed E-state index contributed by atoms with van der Waals surface area (Å²) in [5.74, 6) is -0.0142. The highest BCUT2D eigenvalue weighted by Gasteiger charge is 2.30. The highest BCUT2D eigenvalue weighted by Crippen LogP contribution is 2.16. The predicted octanol–water partition coefficient (Wildman–Crippen LogP) is 0.821. The SMILES string of the molecule is CC1CC(=O)N(CC(=O)Nc2ccccc2)CC1N. The summed E-state index contributed by atoms with van der Waals surface area (Å²) in [6.07, 6.45) is 0.416. The van der Waals surface area contributed by atoms with Crippen LogP contribution >= 0.6 is 0 Å². The molecule has 2 rings (SSSR count). The van der Waals surface area contributed by atoms with Crippen LogP contribution in [0.2, 0.25) is 0 Å². The third-order valence-electron chi connectivity index (χ3n) is 3.40. The first kappa shape index (κ1) is 13.5. The first-order valence-corrected chi connectivity index (χ1v) is 6.44. The summed E-state index contributed by atoms with van der Waals surface area (Å²) < 4.78 is 0. The van der Waals surface area contributed by atoms with Gasteiger partial charge in [0, 0.05) is 24.7 Å². The molecule has 1 aliphatic heterocycles. The Kier molecular flexibility index (Phi) is 4.16. The van der Waals surface area contributed by atoms with E-state index in [9.17, 15) is 9.59 Å². The van der Waals surface area contributed by atoms with Crippen LogP contribution in [0.3, 0.4) is 0 Å². The Balaban J connectivity index is 1.90. The van der Waals surface area contributed by atoms with E-state index in [4.69, 9.17) is 5.73 Å². The molecule has 1 aliphatic rings. The van der Waals surface area contributed by atoms with Gasteiger partial charge in [0.2, 0.25) is 11.8 Å². The van der Waals surface area contributed by atoms with Gasteiger partial charge in [0.05, 0.1) is 6.54 Å². The van der Waals surface area contributed by atoms with Gasteiger partial charge < -0.3 is 16.0 Å². The molecule has 102 valence electrons. The molecule has 2 atom stereocenters. The minimum atomic E-state index is -0.193. The fraction of sp³-hybridized carbons (Fsp3) is 0.429. The maximum Gasteiger partial charge on any atom is 0.243 e. The number of nitrogens with zero attached hydrogens (tertiary/aromatic N) is 1. The average Bonchev–Trinajstić information content (AvgIpc) is 2.37. The van der Waals surface area contributed by atoms with Crippen molar-refractivity contribution >= 4 is 17.5 Å². The van der Waals surface area contributed by atoms with Crippen LogP contribution in [0.15, 0.2) is 30.3 Å². The summed E-state index contributed by atoms with van der Waals surface area (Å²) in [6.45, 7) is 2.47. The van der Waals surface area contributed by atoms with Crippen molar-refractivity contribution in [1.82, 2.24) is 4.90 Å². The molecule has 2 amide bonds. The summed E-state index contributed by atoms with van der Waals surface area (Å²) >= 11 is 0. The van der Waals surface area contributed by atoms with Crippen LogP contribution in [0.5, 0.6) is 0 Å². The molecule has 2 unspecified atom stereocenters. The van der Waals surface area contributed by atoms with Crippen LogP contribution in [-0.4, -0.2) is 35.8 Å². The van der Waals surface area contributed by atoms with E-state index in [1.807, 2.05) is 37.3 Å². The lowest BCUT2D eigenvalue weighted by Gasteiger charge is -2.34. The van der Waals surface area contributed by atoms with Crippen LogP contribution in [0.4, 0.5) is 5.69 Å². The number of nitrogens with one attached hydrogen (secondary N) is 1. The molecule has 0 radical (unpaired) electrons. The Hall–Kier alpha value is -1.88. The fourth-order valence-corrected chi connectivity index (χ4v) is 2.14. The molecule has 1 heterocycles. The lowest BCUT2D eigenvalue weighted by Crippen LogP contribution is -2.52. The summed E-state index contributed by atoms with van der Waals surface area (Å²) in [4.78, 5) is 25.2. The molecule has 19 heavy (non-hydrogen) atoms. The largest absolute Gasteiger partial charge is 0.332 e. The second-order valence-electron chi connectivity index (χ2n) is 5.03. The Morgan fingerprint density at radius 1 is 1.42 bits per heavy atom. The Bertz CT molecular complexity index is 461. The predicted molar refractivity (Wildman–Crippen MR) is 73.4 cm³/mol. The molecular weight excluding hydrogens is 242 g/mol. The Labute approximate surface area is 112 Å². The number of carbonyl (C=O) groups is 2. The monoisotopic (exact) mass is 261 g/mol. The number of piperidine rings is 1. The number of para-hydroxylation sites is 1. The van der Waals surface area contributed by atoms with Crippen LogP contribution in [0.25, 0.3) is 0 Å². The molecule has 1 aromatic carbocycles. The van der Waals surface area contributed by atoms with Gasteiger partial charge in [-0.1, -0.05) is 25.1 Å². The summed E-state index contributed by atoms with van der Waals surface area (Å²) in [5, 5.41) is 2.76. The molecule has 0 spiro atoms. The normalized spacial score (nSPS) is 23.3. The number of amides is 2. The molecule has 0 aromatic heterocycles. The quantitative estimate of drug-likeness (QED) is 0.846. The van der Waals surface area contributed by atoms with Gasteiger partial charge in [-0.3, -0.25) is 9.59 Å². The van der Waals surface area contributed by atoms with Crippen molar-refractivity contribution in [3.05, 3.63) is 30.3 Å². The van der Waals surface area contributed by atoms with Gasteiger partial charge >= 0.3 is 0 Å². The van der Waals surface area contributed by atoms with E-state index < -0.39 is 0 Å². The first-order valence-electron chi connectivity index (χ1n) is 6.44. The molecule has 0 bridgehead atoms. The number of anilines is 1. The minimum absolute atomic E-state index is 0.00240. The van der Waals surface area contributed by atoms with E-state index in [0.29, 0.717) is 13.0 Å².